The molecule has 6 atom stereocenters. The number of phenols is 1. The number of phenolic OH excluding ortho intramolecular Hbond substituents is 1. The van der Waals surface area contributed by atoms with Crippen LogP contribution >= 0.6 is 0 Å². The van der Waals surface area contributed by atoms with E-state index in [0.29, 0.717) is 29.9 Å². The van der Waals surface area contributed by atoms with Crippen molar-refractivity contribution < 1.29 is 27.5 Å². The third kappa shape index (κ3) is 5.14. The standard InChI is InChI=1S/C31H43NO6SSi/c1-30(2,3)40(5,6)38-28-27(37-29(34)20-8-7-9-22(17-20)39(32,35)36)18-26-25-12-10-19-16-21(33)11-13-23(19)24(25)14-15-31(26,28)4/h7-9,11,13,16-17,24-28,33H,10,12,14-15,18H2,1-6H3,(H2,32,35,36)/t24?,25?,26?,27-,28+,31+/m1/s1. The highest BCUT2D eigenvalue weighted by Crippen LogP contribution is 2.63. The van der Waals surface area contributed by atoms with Gasteiger partial charge in [-0.3, -0.25) is 0 Å². The Balaban J connectivity index is 1.48. The Morgan fingerprint density at radius 3 is 2.52 bits per heavy atom. The molecule has 0 aromatic heterocycles. The van der Waals surface area contributed by atoms with E-state index in [1.807, 2.05) is 6.07 Å². The summed E-state index contributed by atoms with van der Waals surface area (Å²) in [7, 11) is -6.17. The molecule has 2 fully saturated rings. The number of ether oxygens (including phenoxy) is 1. The van der Waals surface area contributed by atoms with Crippen molar-refractivity contribution >= 4 is 24.3 Å². The van der Waals surface area contributed by atoms with Crippen LogP contribution in [0.1, 0.15) is 80.8 Å². The normalized spacial score (nSPS) is 30.2. The molecule has 7 nitrogen and oxygen atoms in total. The molecule has 2 aromatic rings. The molecular weight excluding hydrogens is 542 g/mol. The number of hydrogen-bond donors (Lipinski definition) is 2. The number of rotatable bonds is 5. The first kappa shape index (κ1) is 29.3. The topological polar surface area (TPSA) is 116 Å². The predicted molar refractivity (Wildman–Crippen MR) is 157 cm³/mol. The molecular formula is C31H43NO6SSi. The summed E-state index contributed by atoms with van der Waals surface area (Å²) in [6.07, 6.45) is 3.99. The summed E-state index contributed by atoms with van der Waals surface area (Å²) in [5.74, 6) is 0.937. The fraction of sp³-hybridized carbons (Fsp3) is 0.581. The number of carbonyl (C=O) groups excluding carboxylic acids is 1. The molecule has 2 aromatic carbocycles. The lowest BCUT2D eigenvalue weighted by atomic mass is 9.55. The molecule has 40 heavy (non-hydrogen) atoms. The van der Waals surface area contributed by atoms with Crippen molar-refractivity contribution in [3.05, 3.63) is 59.2 Å². The Bertz CT molecular complexity index is 1420. The van der Waals surface area contributed by atoms with Crippen LogP contribution in [0.3, 0.4) is 0 Å². The summed E-state index contributed by atoms with van der Waals surface area (Å²) in [6.45, 7) is 13.5. The minimum absolute atomic E-state index is 0.0111. The number of sulfonamides is 1. The highest BCUT2D eigenvalue weighted by Gasteiger charge is 2.61. The lowest BCUT2D eigenvalue weighted by molar-refractivity contribution is -0.0511. The summed E-state index contributed by atoms with van der Waals surface area (Å²) < 4.78 is 37.2. The average molecular weight is 586 g/mol. The summed E-state index contributed by atoms with van der Waals surface area (Å²) in [6, 6.07) is 11.5. The van der Waals surface area contributed by atoms with Crippen molar-refractivity contribution in [2.45, 2.75) is 101 Å². The summed E-state index contributed by atoms with van der Waals surface area (Å²) in [5, 5.41) is 15.4. The smallest absolute Gasteiger partial charge is 0.338 e. The number of fused-ring (bicyclic) bond motifs is 5. The first-order valence-electron chi connectivity index (χ1n) is 14.3. The molecule has 218 valence electrons. The molecule has 0 radical (unpaired) electrons. The molecule has 3 aliphatic carbocycles. The molecule has 0 bridgehead atoms. The molecule has 0 aliphatic heterocycles. The van der Waals surface area contributed by atoms with Crippen molar-refractivity contribution in [3.63, 3.8) is 0 Å². The van der Waals surface area contributed by atoms with E-state index >= 15 is 0 Å². The second-order valence-electron chi connectivity index (χ2n) is 13.9. The molecule has 3 unspecified atom stereocenters. The maximum Gasteiger partial charge on any atom is 0.338 e. The number of primary sulfonamides is 1. The highest BCUT2D eigenvalue weighted by molar-refractivity contribution is 7.89. The number of nitrogens with two attached hydrogens (primary N) is 1. The van der Waals surface area contributed by atoms with Crippen LogP contribution in [-0.4, -0.2) is 40.0 Å². The summed E-state index contributed by atoms with van der Waals surface area (Å²) in [5.41, 5.74) is 2.60. The van der Waals surface area contributed by atoms with E-state index in [2.05, 4.69) is 46.9 Å². The van der Waals surface area contributed by atoms with E-state index in [1.165, 1.54) is 29.3 Å². The van der Waals surface area contributed by atoms with Gasteiger partial charge >= 0.3 is 5.97 Å². The minimum atomic E-state index is -3.95. The highest BCUT2D eigenvalue weighted by atomic mass is 32.2. The van der Waals surface area contributed by atoms with Crippen LogP contribution in [-0.2, 0) is 25.6 Å². The summed E-state index contributed by atoms with van der Waals surface area (Å²) >= 11 is 0. The first-order chi connectivity index (χ1) is 18.5. The zero-order chi connectivity index (χ0) is 29.3. The fourth-order valence-electron chi connectivity index (χ4n) is 7.33. The van der Waals surface area contributed by atoms with Gasteiger partial charge in [0.2, 0.25) is 10.0 Å². The molecule has 3 aliphatic rings. The van der Waals surface area contributed by atoms with E-state index in [9.17, 15) is 18.3 Å². The molecule has 2 saturated carbocycles. The van der Waals surface area contributed by atoms with Gasteiger partial charge in [-0.05, 0) is 115 Å². The number of aromatic hydroxyl groups is 1. The van der Waals surface area contributed by atoms with E-state index in [4.69, 9.17) is 14.3 Å². The van der Waals surface area contributed by atoms with Crippen molar-refractivity contribution in [3.8, 4) is 5.75 Å². The van der Waals surface area contributed by atoms with Crippen molar-refractivity contribution in [2.75, 3.05) is 0 Å². The molecule has 0 heterocycles. The zero-order valence-electron chi connectivity index (χ0n) is 24.4. The van der Waals surface area contributed by atoms with Gasteiger partial charge in [0.05, 0.1) is 16.6 Å². The van der Waals surface area contributed by atoms with Crippen molar-refractivity contribution in [2.24, 2.45) is 22.4 Å². The van der Waals surface area contributed by atoms with Crippen LogP contribution in [0, 0.1) is 17.3 Å². The van der Waals surface area contributed by atoms with Gasteiger partial charge in [-0.15, -0.1) is 0 Å². The number of carbonyl (C=O) groups is 1. The Morgan fingerprint density at radius 1 is 1.12 bits per heavy atom. The fourth-order valence-corrected chi connectivity index (χ4v) is 9.30. The van der Waals surface area contributed by atoms with Crippen LogP contribution in [0.5, 0.6) is 5.75 Å². The van der Waals surface area contributed by atoms with Gasteiger partial charge in [-0.25, -0.2) is 18.4 Å². The van der Waals surface area contributed by atoms with Gasteiger partial charge in [0.25, 0.3) is 0 Å². The van der Waals surface area contributed by atoms with Crippen molar-refractivity contribution in [1.82, 2.24) is 0 Å². The van der Waals surface area contributed by atoms with Gasteiger partial charge in [0.15, 0.2) is 8.32 Å². The number of aryl methyl sites for hydroxylation is 1. The van der Waals surface area contributed by atoms with Gasteiger partial charge in [0.1, 0.15) is 11.9 Å². The maximum absolute atomic E-state index is 13.5. The lowest BCUT2D eigenvalue weighted by Crippen LogP contribution is -2.53. The third-order valence-electron chi connectivity index (χ3n) is 10.5. The maximum atomic E-state index is 13.5. The van der Waals surface area contributed by atoms with E-state index in [1.54, 1.807) is 12.1 Å². The Morgan fingerprint density at radius 2 is 1.85 bits per heavy atom. The minimum Gasteiger partial charge on any atom is -0.508 e. The quantitative estimate of drug-likeness (QED) is 0.323. The molecule has 0 amide bonds. The first-order valence-corrected chi connectivity index (χ1v) is 18.8. The molecule has 5 rings (SSSR count). The van der Waals surface area contributed by atoms with Gasteiger partial charge in [-0.2, -0.15) is 0 Å². The molecule has 9 heteroatoms. The number of esters is 1. The Labute approximate surface area is 239 Å². The van der Waals surface area contributed by atoms with E-state index < -0.39 is 30.4 Å². The Kier molecular flexibility index (Phi) is 7.30. The van der Waals surface area contributed by atoms with Crippen LogP contribution < -0.4 is 5.14 Å². The molecule has 3 N–H and O–H groups in total. The molecule has 0 spiro atoms. The van der Waals surface area contributed by atoms with E-state index in [0.717, 1.165) is 25.7 Å². The number of hydrogen-bond acceptors (Lipinski definition) is 6. The lowest BCUT2D eigenvalue weighted by Gasteiger charge is -2.52. The van der Waals surface area contributed by atoms with Crippen LogP contribution in [0.15, 0.2) is 47.4 Å². The molecule has 0 saturated heterocycles. The second kappa shape index (κ2) is 9.96. The zero-order valence-corrected chi connectivity index (χ0v) is 26.3. The van der Waals surface area contributed by atoms with Crippen LogP contribution in [0.2, 0.25) is 18.1 Å². The monoisotopic (exact) mass is 585 g/mol. The van der Waals surface area contributed by atoms with Gasteiger partial charge in [-0.1, -0.05) is 39.8 Å². The SMILES string of the molecule is CC(C)(C)[Si](C)(C)O[C@H]1[C@H](OC(=O)c2cccc(S(N)(=O)=O)c2)CC2C3CCc4cc(O)ccc4C3CC[C@@]21C. The average Bonchev–Trinajstić information content (AvgIpc) is 3.13. The Hall–Kier alpha value is -2.20. The number of benzene rings is 2. The van der Waals surface area contributed by atoms with Crippen LogP contribution in [0.25, 0.3) is 0 Å². The predicted octanol–water partition coefficient (Wildman–Crippen LogP) is 6.12. The van der Waals surface area contributed by atoms with Gasteiger partial charge < -0.3 is 14.3 Å². The summed E-state index contributed by atoms with van der Waals surface area (Å²) in [4.78, 5) is 13.3. The third-order valence-corrected chi connectivity index (χ3v) is 15.9. The van der Waals surface area contributed by atoms with Crippen molar-refractivity contribution in [1.29, 1.82) is 0 Å². The van der Waals surface area contributed by atoms with Crippen LogP contribution in [0.4, 0.5) is 0 Å². The largest absolute Gasteiger partial charge is 0.508 e. The van der Waals surface area contributed by atoms with E-state index in [-0.39, 0.29) is 27.0 Å². The van der Waals surface area contributed by atoms with Gasteiger partial charge in [0, 0.05) is 0 Å². The second-order valence-corrected chi connectivity index (χ2v) is 20.2.